The number of hydrogen-bond donors (Lipinski definition) is 1. The van der Waals surface area contributed by atoms with Crippen molar-refractivity contribution in [3.8, 4) is 17.0 Å². The number of nitrogens with one attached hydrogen (secondary N) is 1. The zero-order valence-corrected chi connectivity index (χ0v) is 22.9. The predicted octanol–water partition coefficient (Wildman–Crippen LogP) is 5.40. The minimum atomic E-state index is -0.137. The summed E-state index contributed by atoms with van der Waals surface area (Å²) in [5.74, 6) is 1.35. The highest BCUT2D eigenvalue weighted by Crippen LogP contribution is 2.37. The van der Waals surface area contributed by atoms with Gasteiger partial charge in [-0.1, -0.05) is 18.2 Å². The first-order valence-corrected chi connectivity index (χ1v) is 13.6. The maximum atomic E-state index is 6.75. The predicted molar refractivity (Wildman–Crippen MR) is 154 cm³/mol. The molecule has 1 atom stereocenters. The molecule has 0 spiro atoms. The summed E-state index contributed by atoms with van der Waals surface area (Å²) in [5, 5.41) is 10.0. The molecule has 5 aromatic rings. The van der Waals surface area contributed by atoms with Crippen LogP contribution in [0.3, 0.4) is 0 Å². The number of fused-ring (bicyclic) bond motifs is 2. The molecule has 1 unspecified atom stereocenters. The Kier molecular flexibility index (Phi) is 6.83. The molecule has 6 rings (SSSR count). The lowest BCUT2D eigenvalue weighted by molar-refractivity contribution is 0.0822. The molecule has 1 fully saturated rings. The Bertz CT molecular complexity index is 1600. The number of pyridine rings is 2. The smallest absolute Gasteiger partial charge is 0.222 e. The highest BCUT2D eigenvalue weighted by molar-refractivity contribution is 6.00. The Morgan fingerprint density at radius 2 is 1.87 bits per heavy atom. The van der Waals surface area contributed by atoms with E-state index in [0.717, 1.165) is 64.6 Å². The summed E-state index contributed by atoms with van der Waals surface area (Å²) >= 11 is 0. The van der Waals surface area contributed by atoms with Gasteiger partial charge in [0.1, 0.15) is 17.9 Å². The van der Waals surface area contributed by atoms with Crippen molar-refractivity contribution >= 4 is 27.6 Å². The van der Waals surface area contributed by atoms with Gasteiger partial charge in [-0.2, -0.15) is 5.10 Å². The Balaban J connectivity index is 1.39. The van der Waals surface area contributed by atoms with Crippen LogP contribution >= 0.6 is 0 Å². The first-order chi connectivity index (χ1) is 19.0. The number of rotatable bonds is 7. The average Bonchev–Trinajstić information content (AvgIpc) is 3.39. The monoisotopic (exact) mass is 522 g/mol. The summed E-state index contributed by atoms with van der Waals surface area (Å²) in [5.41, 5.74) is 4.53. The van der Waals surface area contributed by atoms with Gasteiger partial charge in [0.25, 0.3) is 0 Å². The first-order valence-electron chi connectivity index (χ1n) is 13.6. The van der Waals surface area contributed by atoms with E-state index in [2.05, 4.69) is 75.3 Å². The molecule has 1 aromatic carbocycles. The van der Waals surface area contributed by atoms with Crippen molar-refractivity contribution in [1.82, 2.24) is 34.6 Å². The molecule has 1 saturated heterocycles. The number of aryl methyl sites for hydroxylation is 1. The van der Waals surface area contributed by atoms with Gasteiger partial charge >= 0.3 is 0 Å². The van der Waals surface area contributed by atoms with Crippen molar-refractivity contribution in [1.29, 1.82) is 0 Å². The molecular weight excluding hydrogens is 488 g/mol. The molecule has 5 heterocycles. The van der Waals surface area contributed by atoms with Gasteiger partial charge in [-0.15, -0.1) is 0 Å². The van der Waals surface area contributed by atoms with E-state index in [0.29, 0.717) is 17.7 Å². The molecule has 4 aromatic heterocycles. The molecular formula is C30H34N8O. The summed E-state index contributed by atoms with van der Waals surface area (Å²) < 4.78 is 8.57. The molecule has 0 bridgehead atoms. The Morgan fingerprint density at radius 3 is 2.64 bits per heavy atom. The fourth-order valence-corrected chi connectivity index (χ4v) is 5.35. The third-order valence-corrected chi connectivity index (χ3v) is 7.54. The van der Waals surface area contributed by atoms with Gasteiger partial charge < -0.3 is 15.0 Å². The maximum absolute atomic E-state index is 6.75. The Hall–Kier alpha value is -4.11. The molecule has 200 valence electrons. The second kappa shape index (κ2) is 10.6. The second-order valence-electron chi connectivity index (χ2n) is 10.6. The Labute approximate surface area is 228 Å². The lowest BCUT2D eigenvalue weighted by Gasteiger charge is -2.34. The maximum Gasteiger partial charge on any atom is 0.222 e. The van der Waals surface area contributed by atoms with E-state index in [1.165, 1.54) is 0 Å². The van der Waals surface area contributed by atoms with Gasteiger partial charge in [-0.05, 0) is 62.8 Å². The van der Waals surface area contributed by atoms with Crippen LogP contribution in [0.5, 0.6) is 5.88 Å². The number of ether oxygens (including phenoxy) is 1. The number of aromatic nitrogens is 6. The topological polar surface area (TPSA) is 93.9 Å². The normalized spacial score (nSPS) is 15.7. The summed E-state index contributed by atoms with van der Waals surface area (Å²) in [7, 11) is 1.93. The van der Waals surface area contributed by atoms with E-state index in [4.69, 9.17) is 9.72 Å². The van der Waals surface area contributed by atoms with E-state index in [1.54, 1.807) is 12.5 Å². The molecule has 39 heavy (non-hydrogen) atoms. The number of piperidine rings is 1. The van der Waals surface area contributed by atoms with E-state index in [-0.39, 0.29) is 12.1 Å². The number of anilines is 1. The van der Waals surface area contributed by atoms with E-state index < -0.39 is 0 Å². The van der Waals surface area contributed by atoms with Crippen molar-refractivity contribution < 1.29 is 4.74 Å². The van der Waals surface area contributed by atoms with Crippen molar-refractivity contribution in [2.75, 3.05) is 18.4 Å². The molecule has 0 aliphatic carbocycles. The van der Waals surface area contributed by atoms with Crippen LogP contribution in [0.4, 0.5) is 5.82 Å². The van der Waals surface area contributed by atoms with Crippen LogP contribution in [0.15, 0.2) is 61.3 Å². The van der Waals surface area contributed by atoms with Crippen molar-refractivity contribution in [2.24, 2.45) is 7.05 Å². The van der Waals surface area contributed by atoms with Crippen LogP contribution in [-0.4, -0.2) is 59.9 Å². The summed E-state index contributed by atoms with van der Waals surface area (Å²) in [6.45, 7) is 8.65. The van der Waals surface area contributed by atoms with Gasteiger partial charge in [-0.25, -0.2) is 15.0 Å². The van der Waals surface area contributed by atoms with Crippen LogP contribution in [0.1, 0.15) is 45.3 Å². The lowest BCUT2D eigenvalue weighted by Crippen LogP contribution is -2.41. The third-order valence-electron chi connectivity index (χ3n) is 7.54. The molecule has 9 heteroatoms. The summed E-state index contributed by atoms with van der Waals surface area (Å²) in [6, 6.07) is 12.7. The number of likely N-dealkylation sites (tertiary alicyclic amines) is 1. The van der Waals surface area contributed by atoms with Crippen LogP contribution in [0.25, 0.3) is 32.9 Å². The fraction of sp³-hybridized carbons (Fsp3) is 0.367. The number of hydrogen-bond acceptors (Lipinski definition) is 8. The third kappa shape index (κ3) is 5.14. The standard InChI is InChI=1S/C30H34N8O/c1-19(2)38-13-10-23(11-14-38)39-30-27-21(7-5-8-24(27)22-16-34-37(4)17-22)15-26(36-30)20(3)35-29-28-25(32-18-33-29)9-6-12-31-28/h5-9,12,15-20,23H,10-11,13-14H2,1-4H3,(H,32,33,35). The van der Waals surface area contributed by atoms with Gasteiger partial charge in [-0.3, -0.25) is 9.67 Å². The van der Waals surface area contributed by atoms with Crippen LogP contribution in [0.2, 0.25) is 0 Å². The molecule has 0 amide bonds. The molecule has 1 aliphatic heterocycles. The zero-order valence-electron chi connectivity index (χ0n) is 22.9. The molecule has 1 N–H and O–H groups in total. The van der Waals surface area contributed by atoms with Gasteiger partial charge in [0, 0.05) is 44.1 Å². The van der Waals surface area contributed by atoms with Crippen molar-refractivity contribution in [3.05, 3.63) is 67.0 Å². The SMILES string of the molecule is CC(Nc1ncnc2cccnc12)c1cc2cccc(-c3cnn(C)c3)c2c(OC2CCN(C(C)C)CC2)n1. The average molecular weight is 523 g/mol. The van der Waals surface area contributed by atoms with Crippen LogP contribution < -0.4 is 10.1 Å². The molecule has 9 nitrogen and oxygen atoms in total. The molecule has 0 radical (unpaired) electrons. The van der Waals surface area contributed by atoms with Gasteiger partial charge in [0.15, 0.2) is 5.82 Å². The van der Waals surface area contributed by atoms with Crippen LogP contribution in [-0.2, 0) is 7.05 Å². The van der Waals surface area contributed by atoms with Crippen LogP contribution in [0, 0.1) is 0 Å². The zero-order chi connectivity index (χ0) is 26.9. The number of benzene rings is 1. The van der Waals surface area contributed by atoms with Crippen molar-refractivity contribution in [3.63, 3.8) is 0 Å². The quantitative estimate of drug-likeness (QED) is 0.304. The largest absolute Gasteiger partial charge is 0.474 e. The first kappa shape index (κ1) is 25.2. The molecule has 0 saturated carbocycles. The second-order valence-corrected chi connectivity index (χ2v) is 10.6. The van der Waals surface area contributed by atoms with Gasteiger partial charge in [0.2, 0.25) is 5.88 Å². The van der Waals surface area contributed by atoms with E-state index >= 15 is 0 Å². The fourth-order valence-electron chi connectivity index (χ4n) is 5.35. The van der Waals surface area contributed by atoms with Gasteiger partial charge in [0.05, 0.1) is 28.8 Å². The highest BCUT2D eigenvalue weighted by atomic mass is 16.5. The Morgan fingerprint density at radius 1 is 1.03 bits per heavy atom. The minimum absolute atomic E-state index is 0.117. The summed E-state index contributed by atoms with van der Waals surface area (Å²) in [6.07, 6.45) is 9.32. The van der Waals surface area contributed by atoms with Crippen molar-refractivity contribution in [2.45, 2.75) is 51.8 Å². The highest BCUT2D eigenvalue weighted by Gasteiger charge is 2.25. The van der Waals surface area contributed by atoms with E-state index in [9.17, 15) is 0 Å². The number of nitrogens with zero attached hydrogens (tertiary/aromatic N) is 7. The molecule has 1 aliphatic rings. The lowest BCUT2D eigenvalue weighted by atomic mass is 10.00. The minimum Gasteiger partial charge on any atom is -0.474 e. The van der Waals surface area contributed by atoms with E-state index in [1.807, 2.05) is 36.3 Å². The summed E-state index contributed by atoms with van der Waals surface area (Å²) in [4.78, 5) is 20.9.